The molecule has 1 amide bonds. The zero-order valence-corrected chi connectivity index (χ0v) is 15.8. The smallest absolute Gasteiger partial charge is 0.254 e. The van der Waals surface area contributed by atoms with Crippen molar-refractivity contribution in [2.45, 2.75) is 19.4 Å². The highest BCUT2D eigenvalue weighted by Gasteiger charge is 2.27. The van der Waals surface area contributed by atoms with Gasteiger partial charge in [0, 0.05) is 45.0 Å². The van der Waals surface area contributed by atoms with Crippen LogP contribution in [-0.2, 0) is 0 Å². The standard InChI is InChI=1S/C20H20F2N4O2/c1-11-9-26-10-12(20(27)25(2)3)6-16(19(26)23-11)24-15-4-5-28-17-8-13(21)7-14(22)18(15)17/h6-10,15,24H,4-5H2,1-3H3. The maximum atomic E-state index is 14.5. The SMILES string of the molecule is Cc1cn2cc(C(=O)N(C)C)cc(NC3CCOc4cc(F)cc(F)c43)c2n1. The van der Waals surface area contributed by atoms with E-state index in [1.54, 1.807) is 30.8 Å². The Morgan fingerprint density at radius 3 is 2.82 bits per heavy atom. The van der Waals surface area contributed by atoms with Gasteiger partial charge in [-0.25, -0.2) is 13.8 Å². The molecule has 1 aromatic carbocycles. The third-order valence-corrected chi connectivity index (χ3v) is 4.72. The molecule has 0 saturated carbocycles. The zero-order valence-electron chi connectivity index (χ0n) is 15.8. The van der Waals surface area contributed by atoms with E-state index in [-0.39, 0.29) is 17.2 Å². The summed E-state index contributed by atoms with van der Waals surface area (Å²) in [6.07, 6.45) is 4.03. The third-order valence-electron chi connectivity index (χ3n) is 4.72. The lowest BCUT2D eigenvalue weighted by Crippen LogP contribution is -2.24. The highest BCUT2D eigenvalue weighted by Crippen LogP contribution is 2.37. The van der Waals surface area contributed by atoms with Crippen molar-refractivity contribution in [2.24, 2.45) is 0 Å². The molecule has 0 bridgehead atoms. The predicted molar refractivity (Wildman–Crippen MR) is 101 cm³/mol. The van der Waals surface area contributed by atoms with Crippen LogP contribution in [0.2, 0.25) is 0 Å². The summed E-state index contributed by atoms with van der Waals surface area (Å²) >= 11 is 0. The van der Waals surface area contributed by atoms with Gasteiger partial charge in [-0.1, -0.05) is 0 Å². The Morgan fingerprint density at radius 2 is 2.07 bits per heavy atom. The summed E-state index contributed by atoms with van der Waals surface area (Å²) in [4.78, 5) is 18.5. The summed E-state index contributed by atoms with van der Waals surface area (Å²) < 4.78 is 35.2. The molecule has 0 fully saturated rings. The van der Waals surface area contributed by atoms with Gasteiger partial charge in [0.15, 0.2) is 5.65 Å². The number of ether oxygens (including phenoxy) is 1. The van der Waals surface area contributed by atoms with Crippen LogP contribution in [0.15, 0.2) is 30.6 Å². The molecular weight excluding hydrogens is 366 g/mol. The van der Waals surface area contributed by atoms with E-state index in [1.165, 1.54) is 11.0 Å². The Balaban J connectivity index is 1.80. The summed E-state index contributed by atoms with van der Waals surface area (Å²) in [6.45, 7) is 2.18. The fourth-order valence-corrected chi connectivity index (χ4v) is 3.48. The van der Waals surface area contributed by atoms with E-state index in [2.05, 4.69) is 10.3 Å². The molecule has 3 aromatic rings. The number of rotatable bonds is 3. The van der Waals surface area contributed by atoms with Crippen molar-refractivity contribution in [3.63, 3.8) is 0 Å². The minimum Gasteiger partial charge on any atom is -0.493 e. The first kappa shape index (κ1) is 18.2. The number of carbonyl (C=O) groups is 1. The maximum absolute atomic E-state index is 14.5. The van der Waals surface area contributed by atoms with Crippen molar-refractivity contribution in [1.29, 1.82) is 0 Å². The summed E-state index contributed by atoms with van der Waals surface area (Å²) in [6, 6.07) is 3.31. The Bertz CT molecular complexity index is 1080. The first-order chi connectivity index (χ1) is 13.3. The molecule has 2 aromatic heterocycles. The van der Waals surface area contributed by atoms with E-state index < -0.39 is 17.7 Å². The van der Waals surface area contributed by atoms with Gasteiger partial charge in [0.25, 0.3) is 5.91 Å². The van der Waals surface area contributed by atoms with Gasteiger partial charge in [-0.05, 0) is 13.0 Å². The van der Waals surface area contributed by atoms with Crippen molar-refractivity contribution in [3.05, 3.63) is 59.0 Å². The highest BCUT2D eigenvalue weighted by molar-refractivity contribution is 5.95. The molecule has 0 spiro atoms. The molecule has 1 atom stereocenters. The number of amides is 1. The van der Waals surface area contributed by atoms with Crippen LogP contribution in [-0.4, -0.2) is 40.9 Å². The second kappa shape index (κ2) is 6.78. The minimum absolute atomic E-state index is 0.156. The van der Waals surface area contributed by atoms with Crippen LogP contribution < -0.4 is 10.1 Å². The van der Waals surface area contributed by atoms with E-state index in [1.807, 2.05) is 13.1 Å². The number of nitrogens with one attached hydrogen (secondary N) is 1. The second-order valence-electron chi connectivity index (χ2n) is 7.09. The number of hydrogen-bond donors (Lipinski definition) is 1. The third kappa shape index (κ3) is 3.15. The lowest BCUT2D eigenvalue weighted by molar-refractivity contribution is 0.0827. The Hall–Kier alpha value is -3.16. The number of pyridine rings is 1. The van der Waals surface area contributed by atoms with Gasteiger partial charge in [0.1, 0.15) is 17.4 Å². The second-order valence-corrected chi connectivity index (χ2v) is 7.09. The fourth-order valence-electron chi connectivity index (χ4n) is 3.48. The lowest BCUT2D eigenvalue weighted by atomic mass is 9.99. The normalized spacial score (nSPS) is 15.8. The number of aromatic nitrogens is 2. The molecule has 6 nitrogen and oxygen atoms in total. The van der Waals surface area contributed by atoms with Crippen molar-refractivity contribution in [3.8, 4) is 5.75 Å². The fraction of sp³-hybridized carbons (Fsp3) is 0.300. The Morgan fingerprint density at radius 1 is 1.29 bits per heavy atom. The largest absolute Gasteiger partial charge is 0.493 e. The van der Waals surface area contributed by atoms with E-state index in [0.717, 1.165) is 11.8 Å². The van der Waals surface area contributed by atoms with Crippen LogP contribution in [0.5, 0.6) is 5.75 Å². The number of hydrogen-bond acceptors (Lipinski definition) is 4. The number of aryl methyl sites for hydroxylation is 1. The van der Waals surface area contributed by atoms with Crippen LogP contribution in [0, 0.1) is 18.6 Å². The van der Waals surface area contributed by atoms with E-state index in [0.29, 0.717) is 29.9 Å². The molecule has 0 saturated heterocycles. The van der Waals surface area contributed by atoms with Crippen molar-refractivity contribution in [1.82, 2.24) is 14.3 Å². The van der Waals surface area contributed by atoms with Crippen LogP contribution in [0.3, 0.4) is 0 Å². The molecule has 4 rings (SSSR count). The van der Waals surface area contributed by atoms with Gasteiger partial charge in [0.2, 0.25) is 0 Å². The van der Waals surface area contributed by atoms with Gasteiger partial charge >= 0.3 is 0 Å². The average molecular weight is 386 g/mol. The van der Waals surface area contributed by atoms with Crippen molar-refractivity contribution in [2.75, 3.05) is 26.0 Å². The number of carbonyl (C=O) groups excluding carboxylic acids is 1. The van der Waals surface area contributed by atoms with Crippen LogP contribution >= 0.6 is 0 Å². The maximum Gasteiger partial charge on any atom is 0.254 e. The molecule has 0 aliphatic carbocycles. The molecule has 146 valence electrons. The summed E-state index contributed by atoms with van der Waals surface area (Å²) in [5.74, 6) is -1.31. The van der Waals surface area contributed by atoms with E-state index in [9.17, 15) is 13.6 Å². The highest BCUT2D eigenvalue weighted by atomic mass is 19.1. The predicted octanol–water partition coefficient (Wildman–Crippen LogP) is 3.56. The number of benzene rings is 1. The lowest BCUT2D eigenvalue weighted by Gasteiger charge is -2.28. The topological polar surface area (TPSA) is 58.9 Å². The molecular formula is C20H20F2N4O2. The van der Waals surface area contributed by atoms with Gasteiger partial charge in [-0.3, -0.25) is 4.79 Å². The number of fused-ring (bicyclic) bond motifs is 2. The van der Waals surface area contributed by atoms with Gasteiger partial charge in [0.05, 0.1) is 35.2 Å². The summed E-state index contributed by atoms with van der Waals surface area (Å²) in [5.41, 5.74) is 2.77. The molecule has 28 heavy (non-hydrogen) atoms. The Kier molecular flexibility index (Phi) is 4.41. The number of imidazole rings is 1. The quantitative estimate of drug-likeness (QED) is 0.748. The van der Waals surface area contributed by atoms with Crippen molar-refractivity contribution >= 4 is 17.2 Å². The van der Waals surface area contributed by atoms with Gasteiger partial charge in [-0.2, -0.15) is 0 Å². The van der Waals surface area contributed by atoms with E-state index >= 15 is 0 Å². The monoisotopic (exact) mass is 386 g/mol. The van der Waals surface area contributed by atoms with Gasteiger partial charge in [-0.15, -0.1) is 0 Å². The first-order valence-corrected chi connectivity index (χ1v) is 8.93. The summed E-state index contributed by atoms with van der Waals surface area (Å²) in [7, 11) is 3.36. The number of nitrogens with zero attached hydrogens (tertiary/aromatic N) is 3. The van der Waals surface area contributed by atoms with Crippen LogP contribution in [0.4, 0.5) is 14.5 Å². The molecule has 1 aliphatic rings. The van der Waals surface area contributed by atoms with Crippen LogP contribution in [0.25, 0.3) is 5.65 Å². The average Bonchev–Trinajstić information content (AvgIpc) is 3.01. The number of anilines is 1. The molecule has 8 heteroatoms. The van der Waals surface area contributed by atoms with E-state index in [4.69, 9.17) is 4.74 Å². The van der Waals surface area contributed by atoms with Crippen LogP contribution in [0.1, 0.15) is 34.1 Å². The molecule has 1 unspecified atom stereocenters. The van der Waals surface area contributed by atoms with Crippen molar-refractivity contribution < 1.29 is 18.3 Å². The summed E-state index contributed by atoms with van der Waals surface area (Å²) in [5, 5.41) is 3.29. The molecule has 0 radical (unpaired) electrons. The van der Waals surface area contributed by atoms with Gasteiger partial charge < -0.3 is 19.4 Å². The molecule has 3 heterocycles. The first-order valence-electron chi connectivity index (χ1n) is 8.93. The number of halogens is 2. The zero-order chi connectivity index (χ0) is 20.0. The minimum atomic E-state index is -0.679. The Labute approximate surface area is 160 Å². The molecule has 1 N–H and O–H groups in total. The molecule has 1 aliphatic heterocycles.